The summed E-state index contributed by atoms with van der Waals surface area (Å²) in [5.41, 5.74) is 0.846. The second kappa shape index (κ2) is 6.19. The molecule has 5 nitrogen and oxygen atoms in total. The number of halogens is 1. The molecule has 110 valence electrons. The number of thioether (sulfide) groups is 1. The number of hydrogen-bond donors (Lipinski definition) is 1. The highest BCUT2D eigenvalue weighted by Gasteiger charge is 2.27. The van der Waals surface area contributed by atoms with Crippen molar-refractivity contribution < 1.29 is 9.21 Å². The maximum absolute atomic E-state index is 11.9. The molecule has 7 heteroatoms. The van der Waals surface area contributed by atoms with Gasteiger partial charge in [-0.2, -0.15) is 0 Å². The van der Waals surface area contributed by atoms with Gasteiger partial charge in [-0.05, 0) is 38.0 Å². The van der Waals surface area contributed by atoms with Gasteiger partial charge in [-0.3, -0.25) is 4.79 Å². The molecule has 0 aliphatic heterocycles. The number of rotatable bonds is 5. The van der Waals surface area contributed by atoms with Gasteiger partial charge in [0.15, 0.2) is 0 Å². The molecule has 1 aliphatic carbocycles. The number of carbonyl (C=O) groups excluding carboxylic acids is 1. The van der Waals surface area contributed by atoms with E-state index in [0.29, 0.717) is 17.2 Å². The first-order valence-corrected chi connectivity index (χ1v) is 8.35. The van der Waals surface area contributed by atoms with Crippen LogP contribution in [0.2, 0.25) is 0 Å². The van der Waals surface area contributed by atoms with Crippen LogP contribution in [0, 0.1) is 0 Å². The summed E-state index contributed by atoms with van der Waals surface area (Å²) in [5, 5.41) is 11.1. The van der Waals surface area contributed by atoms with Crippen molar-refractivity contribution in [3.63, 3.8) is 0 Å². The Labute approximate surface area is 135 Å². The van der Waals surface area contributed by atoms with Crippen LogP contribution in [0.1, 0.15) is 19.8 Å². The Morgan fingerprint density at radius 2 is 2.29 bits per heavy atom. The molecule has 21 heavy (non-hydrogen) atoms. The van der Waals surface area contributed by atoms with Crippen LogP contribution >= 0.6 is 27.7 Å². The lowest BCUT2D eigenvalue weighted by Gasteiger charge is -2.08. The molecule has 1 heterocycles. The summed E-state index contributed by atoms with van der Waals surface area (Å²) >= 11 is 4.68. The molecule has 1 fully saturated rings. The predicted octanol–water partition coefficient (Wildman–Crippen LogP) is 3.26. The number of hydrogen-bond acceptors (Lipinski definition) is 5. The highest BCUT2D eigenvalue weighted by Crippen LogP contribution is 2.28. The van der Waals surface area contributed by atoms with Crippen LogP contribution in [-0.4, -0.2) is 27.4 Å². The quantitative estimate of drug-likeness (QED) is 0.821. The fourth-order valence-corrected chi connectivity index (χ4v) is 2.84. The molecule has 0 spiro atoms. The molecular formula is C14H14BrN3O2S. The highest BCUT2D eigenvalue weighted by molar-refractivity contribution is 9.10. The number of amides is 1. The normalized spacial score (nSPS) is 15.7. The van der Waals surface area contributed by atoms with Crippen molar-refractivity contribution in [2.24, 2.45) is 0 Å². The van der Waals surface area contributed by atoms with Gasteiger partial charge >= 0.3 is 0 Å². The molecule has 1 saturated carbocycles. The van der Waals surface area contributed by atoms with E-state index < -0.39 is 0 Å². The van der Waals surface area contributed by atoms with E-state index in [0.717, 1.165) is 22.9 Å². The monoisotopic (exact) mass is 367 g/mol. The van der Waals surface area contributed by atoms with Gasteiger partial charge in [0, 0.05) is 16.1 Å². The van der Waals surface area contributed by atoms with E-state index in [9.17, 15) is 4.79 Å². The molecular weight excluding hydrogens is 354 g/mol. The summed E-state index contributed by atoms with van der Waals surface area (Å²) in [4.78, 5) is 11.9. The third-order valence-corrected chi connectivity index (χ3v) is 4.48. The summed E-state index contributed by atoms with van der Waals surface area (Å²) in [5.74, 6) is 0.471. The minimum absolute atomic E-state index is 0.0182. The van der Waals surface area contributed by atoms with Crippen molar-refractivity contribution in [1.82, 2.24) is 15.5 Å². The van der Waals surface area contributed by atoms with Crippen molar-refractivity contribution in [2.45, 2.75) is 36.3 Å². The first-order chi connectivity index (χ1) is 10.1. The predicted molar refractivity (Wildman–Crippen MR) is 83.9 cm³/mol. The summed E-state index contributed by atoms with van der Waals surface area (Å²) in [6.45, 7) is 1.84. The van der Waals surface area contributed by atoms with Gasteiger partial charge in [0.25, 0.3) is 5.22 Å². The van der Waals surface area contributed by atoms with Gasteiger partial charge in [0.05, 0.1) is 5.25 Å². The van der Waals surface area contributed by atoms with E-state index in [1.54, 1.807) is 0 Å². The van der Waals surface area contributed by atoms with E-state index in [2.05, 4.69) is 31.4 Å². The summed E-state index contributed by atoms with van der Waals surface area (Å²) in [7, 11) is 0. The second-order valence-corrected chi connectivity index (χ2v) is 7.13. The molecule has 1 atom stereocenters. The largest absolute Gasteiger partial charge is 0.411 e. The zero-order valence-electron chi connectivity index (χ0n) is 11.4. The molecule has 1 amide bonds. The van der Waals surface area contributed by atoms with Crippen molar-refractivity contribution in [2.75, 3.05) is 0 Å². The second-order valence-electron chi connectivity index (χ2n) is 4.93. The van der Waals surface area contributed by atoms with E-state index >= 15 is 0 Å². The van der Waals surface area contributed by atoms with Crippen molar-refractivity contribution in [1.29, 1.82) is 0 Å². The summed E-state index contributed by atoms with van der Waals surface area (Å²) < 4.78 is 6.55. The zero-order chi connectivity index (χ0) is 14.8. The Bertz CT molecular complexity index is 657. The highest BCUT2D eigenvalue weighted by atomic mass is 79.9. The van der Waals surface area contributed by atoms with E-state index in [4.69, 9.17) is 4.42 Å². The number of aromatic nitrogens is 2. The van der Waals surface area contributed by atoms with Crippen LogP contribution in [0.3, 0.4) is 0 Å². The van der Waals surface area contributed by atoms with Gasteiger partial charge in [0.2, 0.25) is 11.8 Å². The summed E-state index contributed by atoms with van der Waals surface area (Å²) in [6, 6.07) is 8.00. The molecule has 1 N–H and O–H groups in total. The maximum Gasteiger partial charge on any atom is 0.277 e. The molecule has 2 aromatic rings. The van der Waals surface area contributed by atoms with Gasteiger partial charge in [-0.1, -0.05) is 33.8 Å². The maximum atomic E-state index is 11.9. The molecule has 0 bridgehead atoms. The Balaban J connectivity index is 1.65. The molecule has 0 saturated heterocycles. The van der Waals surface area contributed by atoms with Crippen LogP contribution in [0.15, 0.2) is 38.4 Å². The minimum Gasteiger partial charge on any atom is -0.411 e. The first-order valence-electron chi connectivity index (χ1n) is 6.68. The van der Waals surface area contributed by atoms with Crippen LogP contribution < -0.4 is 5.32 Å². The number of nitrogens with one attached hydrogen (secondary N) is 1. The third-order valence-electron chi connectivity index (χ3n) is 3.05. The average molecular weight is 368 g/mol. The number of benzene rings is 1. The van der Waals surface area contributed by atoms with Crippen LogP contribution in [0.4, 0.5) is 0 Å². The number of nitrogens with zero attached hydrogens (tertiary/aromatic N) is 2. The Morgan fingerprint density at radius 1 is 1.48 bits per heavy atom. The van der Waals surface area contributed by atoms with E-state index in [1.807, 2.05) is 31.2 Å². The van der Waals surface area contributed by atoms with Gasteiger partial charge < -0.3 is 9.73 Å². The Morgan fingerprint density at radius 3 is 3.00 bits per heavy atom. The molecule has 0 unspecified atom stereocenters. The van der Waals surface area contributed by atoms with E-state index in [1.165, 1.54) is 11.8 Å². The van der Waals surface area contributed by atoms with Crippen LogP contribution in [-0.2, 0) is 4.79 Å². The number of carbonyl (C=O) groups is 1. The van der Waals surface area contributed by atoms with Crippen molar-refractivity contribution >= 4 is 33.6 Å². The lowest BCUT2D eigenvalue weighted by Crippen LogP contribution is -2.32. The average Bonchev–Trinajstić information content (AvgIpc) is 3.14. The fraction of sp³-hybridized carbons (Fsp3) is 0.357. The SMILES string of the molecule is C[C@@H](Sc1nnc(-c2cccc(Br)c2)o1)C(=O)NC1CC1. The first kappa shape index (κ1) is 14.6. The Hall–Kier alpha value is -1.34. The van der Waals surface area contributed by atoms with Crippen LogP contribution in [0.5, 0.6) is 0 Å². The fourth-order valence-electron chi connectivity index (χ4n) is 1.75. The van der Waals surface area contributed by atoms with Gasteiger partial charge in [-0.15, -0.1) is 10.2 Å². The van der Waals surface area contributed by atoms with Crippen LogP contribution in [0.25, 0.3) is 11.5 Å². The molecule has 3 rings (SSSR count). The third kappa shape index (κ3) is 3.85. The smallest absolute Gasteiger partial charge is 0.277 e. The van der Waals surface area contributed by atoms with Crippen molar-refractivity contribution in [3.05, 3.63) is 28.7 Å². The zero-order valence-corrected chi connectivity index (χ0v) is 13.8. The topological polar surface area (TPSA) is 68.0 Å². The van der Waals surface area contributed by atoms with Gasteiger partial charge in [-0.25, -0.2) is 0 Å². The standard InChI is InChI=1S/C14H14BrN3O2S/c1-8(12(19)16-11-5-6-11)21-14-18-17-13(20-14)9-3-2-4-10(15)7-9/h2-4,7-8,11H,5-6H2,1H3,(H,16,19)/t8-/m1/s1. The molecule has 1 aromatic carbocycles. The molecule has 0 radical (unpaired) electrons. The summed E-state index contributed by atoms with van der Waals surface area (Å²) in [6.07, 6.45) is 2.16. The lowest BCUT2D eigenvalue weighted by molar-refractivity contribution is -0.120. The minimum atomic E-state index is -0.249. The van der Waals surface area contributed by atoms with Crippen molar-refractivity contribution in [3.8, 4) is 11.5 Å². The van der Waals surface area contributed by atoms with Gasteiger partial charge in [0.1, 0.15) is 0 Å². The van der Waals surface area contributed by atoms with E-state index in [-0.39, 0.29) is 11.2 Å². The lowest BCUT2D eigenvalue weighted by atomic mass is 10.2. The molecule has 1 aromatic heterocycles. The molecule has 1 aliphatic rings. The Kier molecular flexibility index (Phi) is 4.30.